The van der Waals surface area contributed by atoms with Crippen LogP contribution in [0.4, 0.5) is 34.1 Å². The third kappa shape index (κ3) is 8.09. The maximum Gasteiger partial charge on any atom is 0.0887 e. The van der Waals surface area contributed by atoms with Gasteiger partial charge in [-0.15, -0.1) is 11.3 Å². The molecule has 1 heterocycles. The van der Waals surface area contributed by atoms with Gasteiger partial charge in [-0.25, -0.2) is 0 Å². The standard InChI is InChI=1S/C66H59ClN2S/c1-64(2,3)47-26-31-50(32-27-47)68(51-33-28-48(29-34-51)65(4,5)6)57-19-14-20-58(63(57)67)69(59-41-70-60-38-25-46(39-55(59)60)42-15-11-10-12-16-42)56-37-30-49(66(7,8)9)40-54(56)52-35-23-45-22-21-43-17-13-18-44-24-36-53(52)62(45)61(43)44/h10-41H,1-9H3. The number of hydrogen-bond donors (Lipinski definition) is 0. The minimum atomic E-state index is -0.106. The molecule has 1 aromatic heterocycles. The van der Waals surface area contributed by atoms with Crippen LogP contribution in [0.15, 0.2) is 193 Å². The van der Waals surface area contributed by atoms with E-state index in [2.05, 4.69) is 266 Å². The number of anilines is 6. The average molecular weight is 948 g/mol. The Bertz CT molecular complexity index is 3640. The molecule has 0 unspecified atom stereocenters. The molecule has 11 rings (SSSR count). The predicted octanol–water partition coefficient (Wildman–Crippen LogP) is 20.6. The second-order valence-corrected chi connectivity index (χ2v) is 23.3. The normalized spacial score (nSPS) is 12.4. The van der Waals surface area contributed by atoms with Gasteiger partial charge in [0, 0.05) is 32.4 Å². The van der Waals surface area contributed by atoms with Crippen molar-refractivity contribution in [3.8, 4) is 22.3 Å². The summed E-state index contributed by atoms with van der Waals surface area (Å²) >= 11 is 9.95. The van der Waals surface area contributed by atoms with Crippen LogP contribution in [0.2, 0.25) is 5.02 Å². The van der Waals surface area contributed by atoms with E-state index in [0.29, 0.717) is 5.02 Å². The van der Waals surface area contributed by atoms with Crippen LogP contribution in [0.25, 0.3) is 64.7 Å². The lowest BCUT2D eigenvalue weighted by atomic mass is 9.83. The Hall–Kier alpha value is -6.91. The molecule has 0 bridgehead atoms. The maximum absolute atomic E-state index is 8.17. The molecule has 0 spiro atoms. The van der Waals surface area contributed by atoms with E-state index in [0.717, 1.165) is 39.7 Å². The fraction of sp³-hybridized carbons (Fsp3) is 0.182. The van der Waals surface area contributed by atoms with E-state index in [1.165, 1.54) is 75.8 Å². The first-order chi connectivity index (χ1) is 33.5. The van der Waals surface area contributed by atoms with Gasteiger partial charge in [-0.05, 0) is 143 Å². The van der Waals surface area contributed by atoms with Crippen molar-refractivity contribution in [2.24, 2.45) is 0 Å². The zero-order chi connectivity index (χ0) is 48.7. The van der Waals surface area contributed by atoms with E-state index in [9.17, 15) is 0 Å². The Morgan fingerprint density at radius 3 is 1.53 bits per heavy atom. The molecule has 70 heavy (non-hydrogen) atoms. The number of benzene rings is 10. The molecule has 0 saturated heterocycles. The lowest BCUT2D eigenvalue weighted by Crippen LogP contribution is -2.17. The third-order valence-corrected chi connectivity index (χ3v) is 15.6. The topological polar surface area (TPSA) is 6.48 Å². The maximum atomic E-state index is 8.17. The van der Waals surface area contributed by atoms with Crippen molar-refractivity contribution in [3.63, 3.8) is 0 Å². The highest BCUT2D eigenvalue weighted by Gasteiger charge is 2.29. The van der Waals surface area contributed by atoms with E-state index < -0.39 is 0 Å². The van der Waals surface area contributed by atoms with Gasteiger partial charge in [0.05, 0.1) is 27.8 Å². The molecule has 0 aliphatic rings. The molecule has 11 aromatic rings. The van der Waals surface area contributed by atoms with E-state index in [-0.39, 0.29) is 16.2 Å². The van der Waals surface area contributed by atoms with Gasteiger partial charge in [0.25, 0.3) is 0 Å². The van der Waals surface area contributed by atoms with Crippen molar-refractivity contribution in [3.05, 3.63) is 215 Å². The van der Waals surface area contributed by atoms with Gasteiger partial charge in [0.15, 0.2) is 0 Å². The number of fused-ring (bicyclic) bond motifs is 1. The molecule has 0 fully saturated rings. The van der Waals surface area contributed by atoms with E-state index in [1.807, 2.05) is 0 Å². The van der Waals surface area contributed by atoms with Crippen LogP contribution >= 0.6 is 22.9 Å². The molecule has 346 valence electrons. The van der Waals surface area contributed by atoms with Gasteiger partial charge in [-0.3, -0.25) is 0 Å². The fourth-order valence-electron chi connectivity index (χ4n) is 10.3. The highest BCUT2D eigenvalue weighted by molar-refractivity contribution is 7.17. The number of nitrogens with zero attached hydrogens (tertiary/aromatic N) is 2. The minimum absolute atomic E-state index is 0.00835. The van der Waals surface area contributed by atoms with Gasteiger partial charge in [-0.2, -0.15) is 0 Å². The SMILES string of the molecule is CC(C)(C)c1ccc(N(c2ccc(C(C)(C)C)cc2)c2cccc(N(c3ccc(C(C)(C)C)cc3-c3ccc4ccc5cccc6ccc3c4c56)c3csc4ccc(-c5ccccc5)cc34)c2Cl)cc1. The van der Waals surface area contributed by atoms with Gasteiger partial charge < -0.3 is 9.80 Å². The second-order valence-electron chi connectivity index (χ2n) is 22.0. The molecule has 10 aromatic carbocycles. The lowest BCUT2D eigenvalue weighted by Gasteiger charge is -2.33. The highest BCUT2D eigenvalue weighted by atomic mass is 35.5. The van der Waals surface area contributed by atoms with E-state index >= 15 is 0 Å². The molecular formula is C66H59ClN2S. The second kappa shape index (κ2) is 17.2. The van der Waals surface area contributed by atoms with E-state index in [4.69, 9.17) is 11.6 Å². The predicted molar refractivity (Wildman–Crippen MR) is 307 cm³/mol. The van der Waals surface area contributed by atoms with Crippen molar-refractivity contribution in [2.75, 3.05) is 9.80 Å². The van der Waals surface area contributed by atoms with Crippen molar-refractivity contribution >= 4 is 99.5 Å². The van der Waals surface area contributed by atoms with Crippen molar-refractivity contribution in [2.45, 2.75) is 78.6 Å². The number of hydrogen-bond acceptors (Lipinski definition) is 3. The van der Waals surface area contributed by atoms with Crippen molar-refractivity contribution in [1.29, 1.82) is 0 Å². The molecule has 0 N–H and O–H groups in total. The zero-order valence-corrected chi connectivity index (χ0v) is 43.2. The van der Waals surface area contributed by atoms with Gasteiger partial charge >= 0.3 is 0 Å². The smallest absolute Gasteiger partial charge is 0.0887 e. The Morgan fingerprint density at radius 1 is 0.371 bits per heavy atom. The summed E-state index contributed by atoms with van der Waals surface area (Å²) in [5.74, 6) is 0. The molecule has 0 saturated carbocycles. The third-order valence-electron chi connectivity index (χ3n) is 14.2. The fourth-order valence-corrected chi connectivity index (χ4v) is 11.5. The first-order valence-corrected chi connectivity index (χ1v) is 25.8. The van der Waals surface area contributed by atoms with Gasteiger partial charge in [0.1, 0.15) is 0 Å². The molecule has 2 nitrogen and oxygen atoms in total. The van der Waals surface area contributed by atoms with Crippen LogP contribution in [0.3, 0.4) is 0 Å². The van der Waals surface area contributed by atoms with E-state index in [1.54, 1.807) is 11.3 Å². The molecule has 0 aliphatic carbocycles. The molecule has 0 radical (unpaired) electrons. The molecule has 0 amide bonds. The summed E-state index contributed by atoms with van der Waals surface area (Å²) in [4.78, 5) is 4.77. The van der Waals surface area contributed by atoms with Crippen LogP contribution in [-0.2, 0) is 16.2 Å². The summed E-state index contributed by atoms with van der Waals surface area (Å²) < 4.78 is 1.21. The van der Waals surface area contributed by atoms with Crippen molar-refractivity contribution in [1.82, 2.24) is 0 Å². The molecule has 4 heteroatoms. The lowest BCUT2D eigenvalue weighted by molar-refractivity contribution is 0.590. The molecular weight excluding hydrogens is 888 g/mol. The highest BCUT2D eigenvalue weighted by Crippen LogP contribution is 2.53. The Balaban J connectivity index is 1.20. The quantitative estimate of drug-likeness (QED) is 0.140. The average Bonchev–Trinajstić information content (AvgIpc) is 3.77. The summed E-state index contributed by atoms with van der Waals surface area (Å²) in [6, 6.07) is 69.7. The summed E-state index contributed by atoms with van der Waals surface area (Å²) in [6.45, 7) is 20.5. The van der Waals surface area contributed by atoms with Crippen LogP contribution in [0.5, 0.6) is 0 Å². The summed E-state index contributed by atoms with van der Waals surface area (Å²) in [6.07, 6.45) is 0. The summed E-state index contributed by atoms with van der Waals surface area (Å²) in [7, 11) is 0. The number of rotatable bonds is 8. The van der Waals surface area contributed by atoms with Gasteiger partial charge in [0.2, 0.25) is 0 Å². The summed E-state index contributed by atoms with van der Waals surface area (Å²) in [5, 5.41) is 11.7. The van der Waals surface area contributed by atoms with Crippen LogP contribution in [0.1, 0.15) is 79.0 Å². The van der Waals surface area contributed by atoms with Crippen LogP contribution < -0.4 is 9.80 Å². The summed E-state index contributed by atoms with van der Waals surface area (Å²) in [5.41, 5.74) is 14.4. The minimum Gasteiger partial charge on any atom is -0.309 e. The van der Waals surface area contributed by atoms with Crippen molar-refractivity contribution < 1.29 is 0 Å². The molecule has 0 atom stereocenters. The number of halogens is 1. The van der Waals surface area contributed by atoms with Gasteiger partial charge in [-0.1, -0.05) is 201 Å². The Kier molecular flexibility index (Phi) is 11.2. The van der Waals surface area contributed by atoms with Crippen LogP contribution in [0, 0.1) is 0 Å². The Morgan fingerprint density at radius 2 is 0.914 bits per heavy atom. The van der Waals surface area contributed by atoms with Crippen LogP contribution in [-0.4, -0.2) is 0 Å². The Labute approximate surface area is 422 Å². The molecule has 0 aliphatic heterocycles. The first kappa shape index (κ1) is 45.5. The number of thiophene rings is 1. The first-order valence-electron chi connectivity index (χ1n) is 24.5. The monoisotopic (exact) mass is 946 g/mol. The zero-order valence-electron chi connectivity index (χ0n) is 41.7. The largest absolute Gasteiger partial charge is 0.309 e.